The summed E-state index contributed by atoms with van der Waals surface area (Å²) in [6.07, 6.45) is 8.22. The Kier molecular flexibility index (Phi) is 5.58. The molecule has 1 nitrogen and oxygen atoms in total. The van der Waals surface area contributed by atoms with Gasteiger partial charge in [0.05, 0.1) is 0 Å². The molecule has 0 fully saturated rings. The van der Waals surface area contributed by atoms with E-state index in [9.17, 15) is 0 Å². The third kappa shape index (κ3) is 3.59. The molecular weight excluding hydrogens is 253 g/mol. The molecule has 0 unspecified atom stereocenters. The van der Waals surface area contributed by atoms with Crippen LogP contribution in [0.25, 0.3) is 0 Å². The van der Waals surface area contributed by atoms with Gasteiger partial charge in [0.25, 0.3) is 0 Å². The summed E-state index contributed by atoms with van der Waals surface area (Å²) in [4.78, 5) is 2.14. The molecule has 2 heteroatoms. The molecule has 0 N–H and O–H groups in total. The summed E-state index contributed by atoms with van der Waals surface area (Å²) in [6, 6.07) is 0. The Morgan fingerprint density at radius 2 is 2.08 bits per heavy atom. The standard InChI is InChI=1S/C10H14N.Sn.3H2/c1-9-6-4-5-7-10(9)8-11(2)3;;;;/h4-7H,1,8H2,2-3H3;;3*1H. The molecule has 0 atom stereocenters. The van der Waals surface area contributed by atoms with E-state index in [2.05, 4.69) is 31.7 Å². The number of hydrogen-bond acceptors (Lipinski definition) is 1. The molecule has 12 heavy (non-hydrogen) atoms. The molecule has 0 amide bonds. The van der Waals surface area contributed by atoms with Crippen LogP contribution in [-0.4, -0.2) is 49.4 Å². The minimum Gasteiger partial charge on any atom is -0.305 e. The Labute approximate surface area is 96.2 Å². The van der Waals surface area contributed by atoms with E-state index in [1.807, 2.05) is 18.6 Å². The van der Waals surface area contributed by atoms with Gasteiger partial charge in [-0.05, 0) is 25.2 Å². The fourth-order valence-electron chi connectivity index (χ4n) is 1.05. The van der Waals surface area contributed by atoms with E-state index in [1.165, 1.54) is 5.57 Å². The predicted octanol–water partition coefficient (Wildman–Crippen LogP) is 2.16. The first-order chi connectivity index (χ1) is 5.20. The van der Waals surface area contributed by atoms with Gasteiger partial charge in [0.1, 0.15) is 0 Å². The molecule has 0 spiro atoms. The van der Waals surface area contributed by atoms with Crippen LogP contribution < -0.4 is 0 Å². The van der Waals surface area contributed by atoms with E-state index in [4.69, 9.17) is 0 Å². The number of allylic oxidation sites excluding steroid dienone is 3. The van der Waals surface area contributed by atoms with Crippen molar-refractivity contribution in [1.82, 2.24) is 4.90 Å². The van der Waals surface area contributed by atoms with E-state index >= 15 is 0 Å². The van der Waals surface area contributed by atoms with E-state index in [-0.39, 0.29) is 28.2 Å². The topological polar surface area (TPSA) is 3.24 Å². The maximum atomic E-state index is 3.95. The fourth-order valence-corrected chi connectivity index (χ4v) is 1.05. The molecule has 0 aromatic heterocycles. The maximum Gasteiger partial charge on any atom is 0.0230 e. The van der Waals surface area contributed by atoms with Crippen LogP contribution in [0.15, 0.2) is 36.0 Å². The Morgan fingerprint density at radius 1 is 1.42 bits per heavy atom. The molecule has 0 aromatic carbocycles. The number of rotatable bonds is 2. The third-order valence-corrected chi connectivity index (χ3v) is 1.60. The van der Waals surface area contributed by atoms with Crippen LogP contribution in [-0.2, 0) is 0 Å². The van der Waals surface area contributed by atoms with Crippen LogP contribution in [0, 0.1) is 6.42 Å². The smallest absolute Gasteiger partial charge is 0.0230 e. The van der Waals surface area contributed by atoms with Crippen molar-refractivity contribution >= 4 is 23.9 Å². The average Bonchev–Trinajstić information content (AvgIpc) is 1.93. The van der Waals surface area contributed by atoms with Gasteiger partial charge in [-0.15, -0.1) is 0 Å². The average molecular weight is 273 g/mol. The molecule has 0 heterocycles. The number of likely N-dealkylation sites (N-methyl/N-ethyl adjacent to an activating group) is 1. The van der Waals surface area contributed by atoms with Gasteiger partial charge in [-0.3, -0.25) is 0 Å². The van der Waals surface area contributed by atoms with Crippen LogP contribution in [0.3, 0.4) is 0 Å². The van der Waals surface area contributed by atoms with Gasteiger partial charge < -0.3 is 4.90 Å². The Morgan fingerprint density at radius 3 is 2.58 bits per heavy atom. The van der Waals surface area contributed by atoms with Crippen molar-refractivity contribution in [3.8, 4) is 0 Å². The van der Waals surface area contributed by atoms with Crippen molar-refractivity contribution in [3.05, 3.63) is 42.4 Å². The molecule has 1 rings (SSSR count). The van der Waals surface area contributed by atoms with Gasteiger partial charge in [-0.2, -0.15) is 0 Å². The van der Waals surface area contributed by atoms with E-state index in [0.717, 1.165) is 12.1 Å². The van der Waals surface area contributed by atoms with Crippen molar-refractivity contribution in [2.24, 2.45) is 0 Å². The number of nitrogens with zero attached hydrogens (tertiary/aromatic N) is 1. The quantitative estimate of drug-likeness (QED) is 0.697. The zero-order chi connectivity index (χ0) is 8.27. The second-order valence-corrected chi connectivity index (χ2v) is 3.01. The molecule has 0 saturated carbocycles. The Balaban J connectivity index is -0.000000151. The maximum absolute atomic E-state index is 3.95. The molecule has 0 saturated heterocycles. The second-order valence-electron chi connectivity index (χ2n) is 3.01. The summed E-state index contributed by atoms with van der Waals surface area (Å²) in [7, 11) is 4.12. The van der Waals surface area contributed by atoms with Gasteiger partial charge in [-0.25, -0.2) is 0 Å². The van der Waals surface area contributed by atoms with Gasteiger partial charge in [0.2, 0.25) is 0 Å². The largest absolute Gasteiger partial charge is 0.305 e. The molecule has 0 aliphatic heterocycles. The van der Waals surface area contributed by atoms with Crippen molar-refractivity contribution in [1.29, 1.82) is 0 Å². The molecule has 0 aromatic rings. The summed E-state index contributed by atoms with van der Waals surface area (Å²) < 4.78 is 0. The van der Waals surface area contributed by atoms with E-state index < -0.39 is 0 Å². The summed E-state index contributed by atoms with van der Waals surface area (Å²) in [5, 5.41) is 0. The summed E-state index contributed by atoms with van der Waals surface area (Å²) in [5.74, 6) is 0. The Hall–Kier alpha value is -0.0213. The van der Waals surface area contributed by atoms with Crippen molar-refractivity contribution in [2.75, 3.05) is 20.6 Å². The summed E-state index contributed by atoms with van der Waals surface area (Å²) in [6.45, 7) is 4.92. The van der Waals surface area contributed by atoms with Crippen LogP contribution in [0.2, 0.25) is 0 Å². The minimum atomic E-state index is 0. The molecule has 0 bridgehead atoms. The molecule has 1 aliphatic carbocycles. The first-order valence-electron chi connectivity index (χ1n) is 3.75. The van der Waals surface area contributed by atoms with Crippen molar-refractivity contribution < 1.29 is 4.28 Å². The minimum absolute atomic E-state index is 0. The zero-order valence-electron chi connectivity index (χ0n) is 7.67. The normalized spacial score (nSPS) is 15.9. The van der Waals surface area contributed by atoms with E-state index in [0.29, 0.717) is 0 Å². The van der Waals surface area contributed by atoms with Crippen LogP contribution in [0.4, 0.5) is 0 Å². The monoisotopic (exact) mass is 274 g/mol. The van der Waals surface area contributed by atoms with Gasteiger partial charge in [0.15, 0.2) is 0 Å². The predicted molar refractivity (Wildman–Crippen MR) is 61.3 cm³/mol. The summed E-state index contributed by atoms with van der Waals surface area (Å²) in [5.41, 5.74) is 2.43. The summed E-state index contributed by atoms with van der Waals surface area (Å²) >= 11 is 0. The van der Waals surface area contributed by atoms with Crippen LogP contribution in [0.5, 0.6) is 0 Å². The third-order valence-electron chi connectivity index (χ3n) is 1.60. The number of hydrogen-bond donors (Lipinski definition) is 0. The Bertz CT molecular complexity index is 225. The molecular formula is C10H20NSn. The first kappa shape index (κ1) is 12.0. The van der Waals surface area contributed by atoms with Crippen molar-refractivity contribution in [3.63, 3.8) is 0 Å². The van der Waals surface area contributed by atoms with Crippen LogP contribution >= 0.6 is 0 Å². The SMILES string of the molecule is C=C1[CH]C=CC=C1CN(C)C.[HH].[HH].[HH].[Sn]. The second kappa shape index (κ2) is 5.59. The molecule has 5 radical (unpaired) electrons. The molecule has 1 aliphatic rings. The van der Waals surface area contributed by atoms with Gasteiger partial charge >= 0.3 is 0 Å². The van der Waals surface area contributed by atoms with Gasteiger partial charge in [-0.1, -0.05) is 24.8 Å². The molecule has 69 valence electrons. The first-order valence-corrected chi connectivity index (χ1v) is 3.75. The fraction of sp³-hybridized carbons (Fsp3) is 0.300. The van der Waals surface area contributed by atoms with E-state index in [1.54, 1.807) is 0 Å². The van der Waals surface area contributed by atoms with Gasteiger partial charge in [0, 0.05) is 41.2 Å². The van der Waals surface area contributed by atoms with Crippen molar-refractivity contribution in [2.45, 2.75) is 0 Å². The van der Waals surface area contributed by atoms with Crippen LogP contribution in [0.1, 0.15) is 4.28 Å². The zero-order valence-corrected chi connectivity index (χ0v) is 10.5.